The molecule has 34 heavy (non-hydrogen) atoms. The van der Waals surface area contributed by atoms with Gasteiger partial charge in [0, 0.05) is 12.2 Å². The van der Waals surface area contributed by atoms with Gasteiger partial charge >= 0.3 is 0 Å². The lowest BCUT2D eigenvalue weighted by molar-refractivity contribution is 0.0955. The SMILES string of the molecule is CCOc1ccc(CCNC(=O)c2cc(C)nc3c2c(C)nn3-c2ccccc2)cc1OCC. The molecule has 176 valence electrons. The van der Waals surface area contributed by atoms with E-state index in [1.54, 1.807) is 4.68 Å². The molecule has 0 saturated heterocycles. The van der Waals surface area contributed by atoms with Crippen LogP contribution in [0.5, 0.6) is 11.5 Å². The van der Waals surface area contributed by atoms with Crippen molar-refractivity contribution in [3.05, 3.63) is 77.1 Å². The van der Waals surface area contributed by atoms with Gasteiger partial charge in [-0.1, -0.05) is 24.3 Å². The first-order valence-corrected chi connectivity index (χ1v) is 11.6. The van der Waals surface area contributed by atoms with E-state index in [-0.39, 0.29) is 5.91 Å². The lowest BCUT2D eigenvalue weighted by Gasteiger charge is -2.13. The molecule has 0 bridgehead atoms. The average Bonchev–Trinajstić information content (AvgIpc) is 3.17. The Morgan fingerprint density at radius 1 is 0.971 bits per heavy atom. The second kappa shape index (κ2) is 10.4. The van der Waals surface area contributed by atoms with Gasteiger partial charge in [-0.2, -0.15) is 5.10 Å². The maximum Gasteiger partial charge on any atom is 0.252 e. The predicted octanol–water partition coefficient (Wildman–Crippen LogP) is 4.81. The highest BCUT2D eigenvalue weighted by Gasteiger charge is 2.19. The number of rotatable bonds is 9. The summed E-state index contributed by atoms with van der Waals surface area (Å²) in [6, 6.07) is 17.5. The first-order valence-electron chi connectivity index (χ1n) is 11.6. The summed E-state index contributed by atoms with van der Waals surface area (Å²) >= 11 is 0. The molecular weight excluding hydrogens is 428 g/mol. The summed E-state index contributed by atoms with van der Waals surface area (Å²) < 4.78 is 13.1. The van der Waals surface area contributed by atoms with Crippen LogP contribution in [0.1, 0.15) is 41.2 Å². The van der Waals surface area contributed by atoms with Crippen molar-refractivity contribution in [3.63, 3.8) is 0 Å². The van der Waals surface area contributed by atoms with Crippen LogP contribution in [-0.2, 0) is 6.42 Å². The van der Waals surface area contributed by atoms with Gasteiger partial charge in [0.25, 0.3) is 5.91 Å². The summed E-state index contributed by atoms with van der Waals surface area (Å²) in [5.74, 6) is 1.32. The molecule has 2 aromatic carbocycles. The zero-order chi connectivity index (χ0) is 24.1. The van der Waals surface area contributed by atoms with Gasteiger partial charge < -0.3 is 14.8 Å². The molecule has 0 saturated carbocycles. The normalized spacial score (nSPS) is 10.9. The molecule has 0 unspecified atom stereocenters. The third-order valence-corrected chi connectivity index (χ3v) is 5.49. The number of carbonyl (C=O) groups excluding carboxylic acids is 1. The van der Waals surface area contributed by atoms with E-state index in [2.05, 4.69) is 15.4 Å². The van der Waals surface area contributed by atoms with Crippen LogP contribution < -0.4 is 14.8 Å². The number of aryl methyl sites for hydroxylation is 2. The summed E-state index contributed by atoms with van der Waals surface area (Å²) in [4.78, 5) is 17.9. The fraction of sp³-hybridized carbons (Fsp3) is 0.296. The van der Waals surface area contributed by atoms with Gasteiger partial charge in [0.2, 0.25) is 0 Å². The lowest BCUT2D eigenvalue weighted by Crippen LogP contribution is -2.26. The minimum atomic E-state index is -0.137. The van der Waals surface area contributed by atoms with Crippen molar-refractivity contribution >= 4 is 16.9 Å². The van der Waals surface area contributed by atoms with Gasteiger partial charge in [0.05, 0.1) is 35.5 Å². The van der Waals surface area contributed by atoms with Crippen molar-refractivity contribution in [3.8, 4) is 17.2 Å². The summed E-state index contributed by atoms with van der Waals surface area (Å²) in [5.41, 5.74) is 4.78. The first-order chi connectivity index (χ1) is 16.5. The van der Waals surface area contributed by atoms with Crippen molar-refractivity contribution in [1.82, 2.24) is 20.1 Å². The van der Waals surface area contributed by atoms with Crippen molar-refractivity contribution in [2.45, 2.75) is 34.1 Å². The summed E-state index contributed by atoms with van der Waals surface area (Å²) in [6.07, 6.45) is 0.674. The lowest BCUT2D eigenvalue weighted by atomic mass is 10.1. The van der Waals surface area contributed by atoms with Crippen LogP contribution in [-0.4, -0.2) is 40.4 Å². The number of hydrogen-bond donors (Lipinski definition) is 1. The van der Waals surface area contributed by atoms with Gasteiger partial charge in [0.1, 0.15) is 0 Å². The highest BCUT2D eigenvalue weighted by Crippen LogP contribution is 2.29. The maximum atomic E-state index is 13.2. The van der Waals surface area contributed by atoms with Crippen LogP contribution in [0.3, 0.4) is 0 Å². The molecule has 0 aliphatic rings. The molecular formula is C27H30N4O3. The molecule has 4 rings (SSSR count). The molecule has 0 fully saturated rings. The quantitative estimate of drug-likeness (QED) is 0.390. The van der Waals surface area contributed by atoms with E-state index in [0.29, 0.717) is 37.4 Å². The van der Waals surface area contributed by atoms with Crippen LogP contribution in [0.25, 0.3) is 16.7 Å². The summed E-state index contributed by atoms with van der Waals surface area (Å²) in [7, 11) is 0. The van der Waals surface area contributed by atoms with E-state index in [1.165, 1.54) is 0 Å². The summed E-state index contributed by atoms with van der Waals surface area (Å²) in [5, 5.41) is 8.50. The average molecular weight is 459 g/mol. The highest BCUT2D eigenvalue weighted by molar-refractivity contribution is 6.06. The standard InChI is InChI=1S/C27H30N4O3/c1-5-33-23-13-12-20(17-24(23)34-6-2)14-15-28-27(32)22-16-18(3)29-26-25(22)19(4)30-31(26)21-10-8-7-9-11-21/h7-13,16-17H,5-6,14-15H2,1-4H3,(H,28,32). The van der Waals surface area contributed by atoms with Crippen LogP contribution in [0, 0.1) is 13.8 Å². The van der Waals surface area contributed by atoms with E-state index in [4.69, 9.17) is 9.47 Å². The zero-order valence-corrected chi connectivity index (χ0v) is 20.1. The van der Waals surface area contributed by atoms with Crippen molar-refractivity contribution in [2.75, 3.05) is 19.8 Å². The number of aromatic nitrogens is 3. The number of benzene rings is 2. The van der Waals surface area contributed by atoms with Crippen molar-refractivity contribution in [1.29, 1.82) is 0 Å². The van der Waals surface area contributed by atoms with Gasteiger partial charge in [-0.25, -0.2) is 9.67 Å². The molecule has 2 heterocycles. The number of amides is 1. The third kappa shape index (κ3) is 4.88. The van der Waals surface area contributed by atoms with E-state index < -0.39 is 0 Å². The van der Waals surface area contributed by atoms with Gasteiger partial charge in [0.15, 0.2) is 17.1 Å². The third-order valence-electron chi connectivity index (χ3n) is 5.49. The topological polar surface area (TPSA) is 78.3 Å². The molecule has 7 nitrogen and oxygen atoms in total. The Labute approximate surface area is 199 Å². The molecule has 1 N–H and O–H groups in total. The fourth-order valence-electron chi connectivity index (χ4n) is 4.01. The Morgan fingerprint density at radius 3 is 2.44 bits per heavy atom. The number of hydrogen-bond acceptors (Lipinski definition) is 5. The molecule has 4 aromatic rings. The van der Waals surface area contributed by atoms with Gasteiger partial charge in [-0.15, -0.1) is 0 Å². The molecule has 7 heteroatoms. The van der Waals surface area contributed by atoms with Crippen LogP contribution in [0.4, 0.5) is 0 Å². The van der Waals surface area contributed by atoms with E-state index >= 15 is 0 Å². The number of nitrogens with zero attached hydrogens (tertiary/aromatic N) is 3. The maximum absolute atomic E-state index is 13.2. The molecule has 0 spiro atoms. The minimum absolute atomic E-state index is 0.137. The molecule has 0 atom stereocenters. The molecule has 0 aliphatic heterocycles. The molecule has 0 radical (unpaired) electrons. The number of pyridine rings is 1. The Kier molecular flexibility index (Phi) is 7.11. The van der Waals surface area contributed by atoms with Crippen LogP contribution in [0.2, 0.25) is 0 Å². The van der Waals surface area contributed by atoms with Gasteiger partial charge in [-0.05, 0) is 70.0 Å². The number of nitrogens with one attached hydrogen (secondary N) is 1. The molecule has 0 aliphatic carbocycles. The first kappa shape index (κ1) is 23.3. The van der Waals surface area contributed by atoms with Gasteiger partial charge in [-0.3, -0.25) is 4.79 Å². The zero-order valence-electron chi connectivity index (χ0n) is 20.1. The Hall–Kier alpha value is -3.87. The second-order valence-electron chi connectivity index (χ2n) is 8.00. The Balaban J connectivity index is 1.54. The Bertz CT molecular complexity index is 1300. The van der Waals surface area contributed by atoms with E-state index in [9.17, 15) is 4.79 Å². The number of ether oxygens (including phenoxy) is 2. The predicted molar refractivity (Wildman–Crippen MR) is 133 cm³/mol. The van der Waals surface area contributed by atoms with Crippen LogP contribution in [0.15, 0.2) is 54.6 Å². The number of para-hydroxylation sites is 1. The highest BCUT2D eigenvalue weighted by atomic mass is 16.5. The fourth-order valence-corrected chi connectivity index (χ4v) is 4.01. The number of carbonyl (C=O) groups is 1. The largest absolute Gasteiger partial charge is 0.490 e. The van der Waals surface area contributed by atoms with Crippen molar-refractivity contribution < 1.29 is 14.3 Å². The monoisotopic (exact) mass is 458 g/mol. The smallest absolute Gasteiger partial charge is 0.252 e. The summed E-state index contributed by atoms with van der Waals surface area (Å²) in [6.45, 7) is 9.33. The second-order valence-corrected chi connectivity index (χ2v) is 8.00. The molecule has 1 amide bonds. The van der Waals surface area contributed by atoms with Crippen molar-refractivity contribution in [2.24, 2.45) is 0 Å². The number of fused-ring (bicyclic) bond motifs is 1. The minimum Gasteiger partial charge on any atom is -0.490 e. The van der Waals surface area contributed by atoms with Crippen LogP contribution >= 0.6 is 0 Å². The van der Waals surface area contributed by atoms with E-state index in [0.717, 1.165) is 39.5 Å². The van der Waals surface area contributed by atoms with E-state index in [1.807, 2.05) is 82.3 Å². The Morgan fingerprint density at radius 2 is 1.71 bits per heavy atom. The molecule has 2 aromatic heterocycles.